The molecule has 49 heavy (non-hydrogen) atoms. The smallest absolute Gasteiger partial charge is 0.409 e. The van der Waals surface area contributed by atoms with Gasteiger partial charge in [-0.15, -0.1) is 0 Å². The highest BCUT2D eigenvalue weighted by atomic mass is 32.2. The number of anilines is 3. The lowest BCUT2D eigenvalue weighted by Gasteiger charge is -2.20. The molecule has 0 aliphatic carbocycles. The number of hydrogen-bond acceptors (Lipinski definition) is 10. The molecule has 14 heteroatoms. The van der Waals surface area contributed by atoms with Crippen LogP contribution in [0.2, 0.25) is 0 Å². The molecule has 0 aromatic heterocycles. The van der Waals surface area contributed by atoms with Crippen LogP contribution in [-0.4, -0.2) is 58.2 Å². The van der Waals surface area contributed by atoms with E-state index < -0.39 is 28.8 Å². The van der Waals surface area contributed by atoms with Gasteiger partial charge in [-0.2, -0.15) is 0 Å². The van der Waals surface area contributed by atoms with E-state index in [-0.39, 0.29) is 24.3 Å². The molecule has 5 N–H and O–H groups in total. The molecule has 4 aromatic carbocycles. The minimum absolute atomic E-state index is 0.193. The molecule has 13 nitrogen and oxygen atoms in total. The standard InChI is InChI=1S/C35H34N4O9S/c1-35(2,3)48-31(41)18-36-28-17-24(47-23-12-9-21-5-4-6-26(25(21)16-23)38-33(43)44)13-14-27(28)37-30(40)19-46-22-10-7-20(8-11-22)15-29-32(42)39-34(45)49-29/h4-14,16-17,29,36,38H,15,18-19H2,1-3H3,(H,37,40)(H,43,44)(H,39,42,45). The van der Waals surface area contributed by atoms with Gasteiger partial charge >= 0.3 is 12.1 Å². The highest BCUT2D eigenvalue weighted by Gasteiger charge is 2.31. The van der Waals surface area contributed by atoms with Crippen molar-refractivity contribution in [3.63, 3.8) is 0 Å². The summed E-state index contributed by atoms with van der Waals surface area (Å²) in [5.41, 5.74) is 1.28. The second-order valence-electron chi connectivity index (χ2n) is 11.9. The van der Waals surface area contributed by atoms with Crippen molar-refractivity contribution in [2.24, 2.45) is 0 Å². The van der Waals surface area contributed by atoms with Gasteiger partial charge in [0, 0.05) is 11.5 Å². The van der Waals surface area contributed by atoms with Crippen LogP contribution in [0.4, 0.5) is 26.7 Å². The van der Waals surface area contributed by atoms with Crippen LogP contribution >= 0.6 is 11.8 Å². The fraction of sp³-hybridized carbons (Fsp3) is 0.229. The number of fused-ring (bicyclic) bond motifs is 1. The number of hydrogen-bond donors (Lipinski definition) is 5. The number of esters is 1. The molecule has 0 bridgehead atoms. The van der Waals surface area contributed by atoms with E-state index in [4.69, 9.17) is 14.2 Å². The number of nitrogens with one attached hydrogen (secondary N) is 4. The normalized spacial score (nSPS) is 14.1. The summed E-state index contributed by atoms with van der Waals surface area (Å²) in [6.07, 6.45) is -0.809. The summed E-state index contributed by atoms with van der Waals surface area (Å²) in [7, 11) is 0. The van der Waals surface area contributed by atoms with Gasteiger partial charge in [-0.25, -0.2) is 4.79 Å². The maximum Gasteiger partial charge on any atom is 0.409 e. The molecule has 1 atom stereocenters. The molecule has 4 amide bonds. The molecule has 1 aliphatic rings. The molecule has 0 spiro atoms. The molecule has 1 heterocycles. The first-order valence-corrected chi connectivity index (χ1v) is 16.0. The Bertz CT molecular complexity index is 1910. The van der Waals surface area contributed by atoms with E-state index in [0.29, 0.717) is 46.1 Å². The van der Waals surface area contributed by atoms with Gasteiger partial charge in [-0.3, -0.25) is 29.8 Å². The van der Waals surface area contributed by atoms with Crippen molar-refractivity contribution in [2.45, 2.75) is 38.0 Å². The zero-order valence-corrected chi connectivity index (χ0v) is 27.6. The number of amides is 4. The van der Waals surface area contributed by atoms with E-state index in [1.54, 1.807) is 93.6 Å². The van der Waals surface area contributed by atoms with E-state index in [2.05, 4.69) is 21.3 Å². The van der Waals surface area contributed by atoms with Crippen LogP contribution < -0.4 is 30.7 Å². The van der Waals surface area contributed by atoms with Gasteiger partial charge < -0.3 is 30.0 Å². The predicted octanol–water partition coefficient (Wildman–Crippen LogP) is 6.39. The fourth-order valence-corrected chi connectivity index (χ4v) is 5.72. The maximum absolute atomic E-state index is 12.9. The first kappa shape index (κ1) is 34.6. The van der Waals surface area contributed by atoms with Crippen LogP contribution in [0.25, 0.3) is 10.8 Å². The summed E-state index contributed by atoms with van der Waals surface area (Å²) in [6, 6.07) is 22.2. The van der Waals surface area contributed by atoms with Crippen LogP contribution in [0, 0.1) is 0 Å². The monoisotopic (exact) mass is 686 g/mol. The van der Waals surface area contributed by atoms with E-state index >= 15 is 0 Å². The Hall–Kier alpha value is -5.76. The number of thioether (sulfide) groups is 1. The van der Waals surface area contributed by atoms with E-state index in [0.717, 1.165) is 22.7 Å². The van der Waals surface area contributed by atoms with Crippen LogP contribution in [0.1, 0.15) is 26.3 Å². The van der Waals surface area contributed by atoms with Crippen molar-refractivity contribution in [2.75, 3.05) is 29.1 Å². The molecule has 1 aliphatic heterocycles. The molecular formula is C35H34N4O9S. The number of benzene rings is 4. The van der Waals surface area contributed by atoms with E-state index in [1.807, 2.05) is 6.07 Å². The molecular weight excluding hydrogens is 652 g/mol. The third-order valence-electron chi connectivity index (χ3n) is 6.92. The van der Waals surface area contributed by atoms with Crippen molar-refractivity contribution < 1.29 is 43.3 Å². The molecule has 4 aromatic rings. The first-order valence-electron chi connectivity index (χ1n) is 15.1. The van der Waals surface area contributed by atoms with Crippen LogP contribution in [0.3, 0.4) is 0 Å². The number of rotatable bonds is 12. The second kappa shape index (κ2) is 15.0. The molecule has 1 saturated heterocycles. The third-order valence-corrected chi connectivity index (χ3v) is 7.90. The van der Waals surface area contributed by atoms with Crippen LogP contribution in [0.5, 0.6) is 17.2 Å². The van der Waals surface area contributed by atoms with Gasteiger partial charge in [0.05, 0.1) is 22.3 Å². The lowest BCUT2D eigenvalue weighted by Crippen LogP contribution is -2.28. The fourth-order valence-electron chi connectivity index (χ4n) is 4.86. The third kappa shape index (κ3) is 9.87. The Morgan fingerprint density at radius 2 is 1.57 bits per heavy atom. The highest BCUT2D eigenvalue weighted by Crippen LogP contribution is 2.33. The zero-order valence-electron chi connectivity index (χ0n) is 26.8. The van der Waals surface area contributed by atoms with E-state index in [9.17, 15) is 29.1 Å². The Balaban J connectivity index is 1.27. The second-order valence-corrected chi connectivity index (χ2v) is 13.1. The number of imide groups is 1. The Morgan fingerprint density at radius 1 is 0.857 bits per heavy atom. The van der Waals surface area contributed by atoms with Crippen LogP contribution in [-0.2, 0) is 25.5 Å². The van der Waals surface area contributed by atoms with Gasteiger partial charge in [0.1, 0.15) is 29.4 Å². The Labute approximate surface area is 285 Å². The summed E-state index contributed by atoms with van der Waals surface area (Å²) in [6.45, 7) is 4.77. The number of carbonyl (C=O) groups excluding carboxylic acids is 4. The molecule has 254 valence electrons. The summed E-state index contributed by atoms with van der Waals surface area (Å²) < 4.78 is 17.2. The predicted molar refractivity (Wildman–Crippen MR) is 186 cm³/mol. The van der Waals surface area contributed by atoms with Crippen molar-refractivity contribution in [1.82, 2.24) is 5.32 Å². The summed E-state index contributed by atoms with van der Waals surface area (Å²) in [5.74, 6) is -0.0488. The average molecular weight is 687 g/mol. The Morgan fingerprint density at radius 3 is 2.27 bits per heavy atom. The van der Waals surface area contributed by atoms with Crippen molar-refractivity contribution in [1.29, 1.82) is 0 Å². The van der Waals surface area contributed by atoms with Crippen molar-refractivity contribution >= 4 is 68.7 Å². The number of ether oxygens (including phenoxy) is 3. The van der Waals surface area contributed by atoms with Gasteiger partial charge in [0.2, 0.25) is 5.91 Å². The molecule has 1 unspecified atom stereocenters. The van der Waals surface area contributed by atoms with Crippen molar-refractivity contribution in [3.05, 3.63) is 84.4 Å². The molecule has 0 radical (unpaired) electrons. The van der Waals surface area contributed by atoms with Crippen molar-refractivity contribution in [3.8, 4) is 17.2 Å². The van der Waals surface area contributed by atoms with Gasteiger partial charge in [0.25, 0.3) is 11.1 Å². The van der Waals surface area contributed by atoms with Gasteiger partial charge in [-0.1, -0.05) is 42.1 Å². The maximum atomic E-state index is 12.9. The zero-order chi connectivity index (χ0) is 35.1. The minimum atomic E-state index is -1.19. The summed E-state index contributed by atoms with van der Waals surface area (Å²) in [4.78, 5) is 59.9. The summed E-state index contributed by atoms with van der Waals surface area (Å²) >= 11 is 0.957. The van der Waals surface area contributed by atoms with Crippen LogP contribution in [0.15, 0.2) is 78.9 Å². The lowest BCUT2D eigenvalue weighted by molar-refractivity contribution is -0.152. The summed E-state index contributed by atoms with van der Waals surface area (Å²) in [5, 5.41) is 20.3. The lowest BCUT2D eigenvalue weighted by atomic mass is 10.1. The van der Waals surface area contributed by atoms with Gasteiger partial charge in [0.15, 0.2) is 6.61 Å². The topological polar surface area (TPSA) is 181 Å². The molecule has 5 rings (SSSR count). The average Bonchev–Trinajstić information content (AvgIpc) is 3.35. The number of carbonyl (C=O) groups is 5. The quantitative estimate of drug-likeness (QED) is 0.104. The van der Waals surface area contributed by atoms with E-state index in [1.165, 1.54) is 0 Å². The largest absolute Gasteiger partial charge is 0.484 e. The molecule has 0 saturated carbocycles. The Kier molecular flexibility index (Phi) is 10.6. The number of carboxylic acid groups (broad SMARTS) is 1. The minimum Gasteiger partial charge on any atom is -0.484 e. The highest BCUT2D eigenvalue weighted by molar-refractivity contribution is 8.15. The molecule has 1 fully saturated rings. The van der Waals surface area contributed by atoms with Gasteiger partial charge in [-0.05, 0) is 80.6 Å². The SMILES string of the molecule is CC(C)(C)OC(=O)CNc1cc(Oc2ccc3cccc(NC(=O)O)c3c2)ccc1NC(=O)COc1ccc(CC2SC(=O)NC2=O)cc1. The first-order chi connectivity index (χ1) is 23.3.